The molecule has 0 atom stereocenters. The van der Waals surface area contributed by atoms with Crippen molar-refractivity contribution in [3.05, 3.63) is 34.4 Å². The van der Waals surface area contributed by atoms with Crippen molar-refractivity contribution in [3.63, 3.8) is 0 Å². The number of hydrogen-bond donors (Lipinski definition) is 0. The summed E-state index contributed by atoms with van der Waals surface area (Å²) in [5.74, 6) is -0.681. The van der Waals surface area contributed by atoms with E-state index in [9.17, 15) is 8.78 Å². The molecule has 98 valence electrons. The lowest BCUT2D eigenvalue weighted by Gasteiger charge is -2.18. The van der Waals surface area contributed by atoms with Crippen molar-refractivity contribution >= 4 is 0 Å². The van der Waals surface area contributed by atoms with E-state index < -0.39 is 11.6 Å². The standard InChI is InChI=1S/C13H18F2.C2H6/c1-7(2)12-9(5)13(8(3)4)11(15)6-10(12)14;1-2/h6-8H,1-5H3;1-2H3. The lowest BCUT2D eigenvalue weighted by atomic mass is 9.89. The van der Waals surface area contributed by atoms with Gasteiger partial charge in [-0.15, -0.1) is 0 Å². The minimum absolute atomic E-state index is 0.0862. The molecule has 0 amide bonds. The van der Waals surface area contributed by atoms with E-state index in [1.54, 1.807) is 6.92 Å². The fourth-order valence-electron chi connectivity index (χ4n) is 2.19. The predicted molar refractivity (Wildman–Crippen MR) is 70.6 cm³/mol. The fourth-order valence-corrected chi connectivity index (χ4v) is 2.19. The van der Waals surface area contributed by atoms with Crippen LogP contribution in [0.3, 0.4) is 0 Å². The molecule has 0 fully saturated rings. The molecule has 0 spiro atoms. The molecule has 0 aliphatic rings. The Kier molecular flexibility index (Phi) is 6.36. The summed E-state index contributed by atoms with van der Waals surface area (Å²) in [5, 5.41) is 0. The minimum atomic E-state index is -0.426. The molecule has 2 heteroatoms. The Morgan fingerprint density at radius 3 is 1.35 bits per heavy atom. The van der Waals surface area contributed by atoms with Crippen LogP contribution in [0.5, 0.6) is 0 Å². The summed E-state index contributed by atoms with van der Waals surface area (Å²) in [7, 11) is 0. The van der Waals surface area contributed by atoms with Gasteiger partial charge in [-0.25, -0.2) is 8.78 Å². The first kappa shape index (κ1) is 16.1. The Labute approximate surface area is 104 Å². The third-order valence-corrected chi connectivity index (χ3v) is 2.73. The van der Waals surface area contributed by atoms with Gasteiger partial charge in [0.1, 0.15) is 11.6 Å². The Hall–Kier alpha value is -0.920. The topological polar surface area (TPSA) is 0 Å². The summed E-state index contributed by atoms with van der Waals surface area (Å²) in [6.07, 6.45) is 0. The molecule has 0 nitrogen and oxygen atoms in total. The zero-order valence-corrected chi connectivity index (χ0v) is 12.0. The highest BCUT2D eigenvalue weighted by Gasteiger charge is 2.19. The van der Waals surface area contributed by atoms with Gasteiger partial charge in [0.05, 0.1) is 0 Å². The molecule has 0 radical (unpaired) electrons. The second-order valence-electron chi connectivity index (χ2n) is 4.60. The van der Waals surface area contributed by atoms with Crippen LogP contribution in [0.25, 0.3) is 0 Å². The maximum atomic E-state index is 13.6. The first-order valence-electron chi connectivity index (χ1n) is 6.34. The lowest BCUT2D eigenvalue weighted by Crippen LogP contribution is -2.06. The third-order valence-electron chi connectivity index (χ3n) is 2.73. The number of halogens is 2. The predicted octanol–water partition coefficient (Wildman–Crippen LogP) is 5.55. The first-order valence-corrected chi connectivity index (χ1v) is 6.34. The highest BCUT2D eigenvalue weighted by molar-refractivity contribution is 5.39. The van der Waals surface area contributed by atoms with E-state index >= 15 is 0 Å². The van der Waals surface area contributed by atoms with E-state index in [0.717, 1.165) is 11.6 Å². The highest BCUT2D eigenvalue weighted by atomic mass is 19.1. The maximum Gasteiger partial charge on any atom is 0.129 e. The van der Waals surface area contributed by atoms with E-state index in [-0.39, 0.29) is 11.8 Å². The van der Waals surface area contributed by atoms with Crippen LogP contribution in [0.2, 0.25) is 0 Å². The molecule has 1 aromatic rings. The van der Waals surface area contributed by atoms with Crippen molar-refractivity contribution in [2.75, 3.05) is 0 Å². The first-order chi connectivity index (χ1) is 7.86. The van der Waals surface area contributed by atoms with Gasteiger partial charge in [-0.05, 0) is 35.4 Å². The van der Waals surface area contributed by atoms with E-state index in [2.05, 4.69) is 0 Å². The molecule has 0 aliphatic carbocycles. The third kappa shape index (κ3) is 3.52. The summed E-state index contributed by atoms with van der Waals surface area (Å²) in [5.41, 5.74) is 2.04. The van der Waals surface area contributed by atoms with Crippen LogP contribution >= 0.6 is 0 Å². The largest absolute Gasteiger partial charge is 0.207 e. The van der Waals surface area contributed by atoms with Gasteiger partial charge in [0.15, 0.2) is 0 Å². The molecule has 0 saturated carbocycles. The molecule has 0 aliphatic heterocycles. The van der Waals surface area contributed by atoms with Gasteiger partial charge in [-0.3, -0.25) is 0 Å². The Bertz CT molecular complexity index is 333. The molecule has 0 aromatic heterocycles. The molecule has 0 saturated heterocycles. The molecular weight excluding hydrogens is 218 g/mol. The zero-order valence-electron chi connectivity index (χ0n) is 12.0. The summed E-state index contributed by atoms with van der Waals surface area (Å²) in [6, 6.07) is 1.01. The van der Waals surface area contributed by atoms with Gasteiger partial charge in [-0.2, -0.15) is 0 Å². The monoisotopic (exact) mass is 242 g/mol. The van der Waals surface area contributed by atoms with Gasteiger partial charge in [-0.1, -0.05) is 41.5 Å². The maximum absolute atomic E-state index is 13.6. The smallest absolute Gasteiger partial charge is 0.129 e. The van der Waals surface area contributed by atoms with E-state index in [4.69, 9.17) is 0 Å². The molecule has 17 heavy (non-hydrogen) atoms. The van der Waals surface area contributed by atoms with Crippen LogP contribution in [0.15, 0.2) is 6.07 Å². The van der Waals surface area contributed by atoms with Crippen molar-refractivity contribution in [2.24, 2.45) is 0 Å². The number of rotatable bonds is 2. The van der Waals surface area contributed by atoms with Crippen LogP contribution in [-0.2, 0) is 0 Å². The number of hydrogen-bond acceptors (Lipinski definition) is 0. The quantitative estimate of drug-likeness (QED) is 0.638. The Morgan fingerprint density at radius 1 is 0.824 bits per heavy atom. The van der Waals surface area contributed by atoms with Crippen LogP contribution in [0.1, 0.15) is 70.1 Å². The summed E-state index contributed by atoms with van der Waals surface area (Å²) < 4.78 is 27.1. The molecule has 0 bridgehead atoms. The van der Waals surface area contributed by atoms with Crippen molar-refractivity contribution < 1.29 is 8.78 Å². The van der Waals surface area contributed by atoms with Crippen LogP contribution in [-0.4, -0.2) is 0 Å². The average molecular weight is 242 g/mol. The normalized spacial score (nSPS) is 10.5. The Balaban J connectivity index is 0.00000121. The number of benzene rings is 1. The van der Waals surface area contributed by atoms with E-state index in [1.165, 1.54) is 0 Å². The van der Waals surface area contributed by atoms with E-state index in [1.807, 2.05) is 41.5 Å². The average Bonchev–Trinajstić information content (AvgIpc) is 2.18. The molecule has 0 N–H and O–H groups in total. The van der Waals surface area contributed by atoms with Gasteiger partial charge in [0.2, 0.25) is 0 Å². The van der Waals surface area contributed by atoms with Crippen molar-refractivity contribution in [3.8, 4) is 0 Å². The van der Waals surface area contributed by atoms with Gasteiger partial charge in [0.25, 0.3) is 0 Å². The second-order valence-corrected chi connectivity index (χ2v) is 4.60. The van der Waals surface area contributed by atoms with Gasteiger partial charge < -0.3 is 0 Å². The fraction of sp³-hybridized carbons (Fsp3) is 0.600. The molecule has 1 aromatic carbocycles. The highest BCUT2D eigenvalue weighted by Crippen LogP contribution is 2.31. The molecule has 0 unspecified atom stereocenters. The van der Waals surface area contributed by atoms with E-state index in [0.29, 0.717) is 11.1 Å². The van der Waals surface area contributed by atoms with Crippen LogP contribution < -0.4 is 0 Å². The molecular formula is C15H24F2. The zero-order chi connectivity index (χ0) is 13.7. The molecule has 0 heterocycles. The Morgan fingerprint density at radius 2 is 1.12 bits per heavy atom. The molecule has 1 rings (SSSR count). The summed E-state index contributed by atoms with van der Waals surface area (Å²) >= 11 is 0. The van der Waals surface area contributed by atoms with Crippen LogP contribution in [0.4, 0.5) is 8.78 Å². The lowest BCUT2D eigenvalue weighted by molar-refractivity contribution is 0.546. The summed E-state index contributed by atoms with van der Waals surface area (Å²) in [4.78, 5) is 0. The SMILES string of the molecule is CC.Cc1c(C(C)C)c(F)cc(F)c1C(C)C. The minimum Gasteiger partial charge on any atom is -0.207 e. The second kappa shape index (κ2) is 6.73. The van der Waals surface area contributed by atoms with Gasteiger partial charge in [0, 0.05) is 6.07 Å². The van der Waals surface area contributed by atoms with Crippen molar-refractivity contribution in [2.45, 2.75) is 60.3 Å². The summed E-state index contributed by atoms with van der Waals surface area (Å²) in [6.45, 7) is 13.5. The van der Waals surface area contributed by atoms with Crippen LogP contribution in [0, 0.1) is 18.6 Å². The van der Waals surface area contributed by atoms with Crippen molar-refractivity contribution in [1.29, 1.82) is 0 Å². The van der Waals surface area contributed by atoms with Crippen molar-refractivity contribution in [1.82, 2.24) is 0 Å². The van der Waals surface area contributed by atoms with Gasteiger partial charge >= 0.3 is 0 Å².